The van der Waals surface area contributed by atoms with Crippen LogP contribution in [0.25, 0.3) is 0 Å². The van der Waals surface area contributed by atoms with Crippen LogP contribution in [-0.2, 0) is 18.0 Å². The topological polar surface area (TPSA) is 62.2 Å². The van der Waals surface area contributed by atoms with Gasteiger partial charge in [-0.15, -0.1) is 0 Å². The first-order valence-electron chi connectivity index (χ1n) is 6.48. The Kier molecular flexibility index (Phi) is 6.54. The van der Waals surface area contributed by atoms with Gasteiger partial charge in [-0.25, -0.2) is 0 Å². The number of aliphatic hydroxyl groups is 1. The molecule has 0 spiro atoms. The van der Waals surface area contributed by atoms with Gasteiger partial charge in [0.05, 0.1) is 13.7 Å². The number of methoxy groups -OCH3 is 1. The van der Waals surface area contributed by atoms with Crippen LogP contribution >= 0.6 is 12.2 Å². The minimum Gasteiger partial charge on any atom is -0.504 e. The number of aromatic hydroxyl groups is 1. The summed E-state index contributed by atoms with van der Waals surface area (Å²) in [5.74, 6) is 0.316. The van der Waals surface area contributed by atoms with Crippen LogP contribution < -0.4 is 4.74 Å². The van der Waals surface area contributed by atoms with Gasteiger partial charge in [0.2, 0.25) is 0 Å². The van der Waals surface area contributed by atoms with Crippen molar-refractivity contribution in [2.24, 2.45) is 0 Å². The fraction of sp³-hybridized carbons (Fsp3) is 0.500. The predicted molar refractivity (Wildman–Crippen MR) is 80.9 cm³/mol. The van der Waals surface area contributed by atoms with E-state index in [1.165, 1.54) is 7.11 Å². The van der Waals surface area contributed by atoms with Crippen LogP contribution in [0.1, 0.15) is 25.0 Å². The Bertz CT molecular complexity index is 461. The number of nitrogens with zero attached hydrogens (tertiary/aromatic N) is 1. The van der Waals surface area contributed by atoms with Gasteiger partial charge in [0.15, 0.2) is 11.5 Å². The lowest BCUT2D eigenvalue weighted by Gasteiger charge is -2.21. The highest BCUT2D eigenvalue weighted by molar-refractivity contribution is 7.80. The van der Waals surface area contributed by atoms with Crippen LogP contribution in [0.4, 0.5) is 0 Å². The number of phenols is 1. The number of ether oxygens (including phenoxy) is 2. The third-order valence-electron chi connectivity index (χ3n) is 2.99. The van der Waals surface area contributed by atoms with Gasteiger partial charge in [-0.1, -0.05) is 0 Å². The maximum Gasteiger partial charge on any atom is 0.259 e. The second kappa shape index (κ2) is 7.91. The van der Waals surface area contributed by atoms with Crippen molar-refractivity contribution in [2.45, 2.75) is 27.1 Å². The van der Waals surface area contributed by atoms with E-state index >= 15 is 0 Å². The molecule has 0 atom stereocenters. The Morgan fingerprint density at radius 2 is 1.95 bits per heavy atom. The molecule has 1 rings (SSSR count). The lowest BCUT2D eigenvalue weighted by Crippen LogP contribution is -2.30. The van der Waals surface area contributed by atoms with Crippen molar-refractivity contribution in [3.8, 4) is 11.5 Å². The van der Waals surface area contributed by atoms with Crippen LogP contribution in [-0.4, -0.2) is 40.5 Å². The van der Waals surface area contributed by atoms with Gasteiger partial charge in [-0.2, -0.15) is 0 Å². The molecule has 2 N–H and O–H groups in total. The minimum atomic E-state index is -0.135. The maximum absolute atomic E-state index is 10.0. The summed E-state index contributed by atoms with van der Waals surface area (Å²) in [7, 11) is 1.46. The summed E-state index contributed by atoms with van der Waals surface area (Å²) in [5, 5.41) is 19.6. The Labute approximate surface area is 124 Å². The molecule has 20 heavy (non-hydrogen) atoms. The molecule has 0 aliphatic carbocycles. The van der Waals surface area contributed by atoms with Crippen LogP contribution in [0, 0.1) is 0 Å². The van der Waals surface area contributed by atoms with E-state index in [0.717, 1.165) is 13.1 Å². The van der Waals surface area contributed by atoms with Crippen molar-refractivity contribution in [1.29, 1.82) is 0 Å². The van der Waals surface area contributed by atoms with E-state index in [9.17, 15) is 10.2 Å². The largest absolute Gasteiger partial charge is 0.504 e. The molecule has 0 amide bonds. The molecule has 0 unspecified atom stereocenters. The first-order chi connectivity index (χ1) is 9.57. The number of hydrogen-bond acceptors (Lipinski definition) is 5. The monoisotopic (exact) mass is 299 g/mol. The van der Waals surface area contributed by atoms with Gasteiger partial charge in [0, 0.05) is 18.7 Å². The number of thiocarbonyl (C=S) groups is 1. The van der Waals surface area contributed by atoms with Crippen molar-refractivity contribution in [3.63, 3.8) is 0 Å². The van der Waals surface area contributed by atoms with Crippen molar-refractivity contribution in [2.75, 3.05) is 20.2 Å². The molecule has 0 bridgehead atoms. The summed E-state index contributed by atoms with van der Waals surface area (Å²) >= 11 is 5.18. The molecule has 0 heterocycles. The molecule has 1 aromatic carbocycles. The number of rotatable bonds is 6. The third kappa shape index (κ3) is 3.98. The Morgan fingerprint density at radius 3 is 2.45 bits per heavy atom. The molecule has 0 aliphatic rings. The molecule has 6 heteroatoms. The summed E-state index contributed by atoms with van der Waals surface area (Å²) in [6.45, 7) is 5.51. The molecule has 0 aliphatic heterocycles. The molecular weight excluding hydrogens is 278 g/mol. The molecule has 0 fully saturated rings. The van der Waals surface area contributed by atoms with Gasteiger partial charge < -0.3 is 24.6 Å². The van der Waals surface area contributed by atoms with Crippen LogP contribution in [0.3, 0.4) is 0 Å². The average molecular weight is 299 g/mol. The fourth-order valence-corrected chi connectivity index (χ4v) is 2.12. The van der Waals surface area contributed by atoms with Crippen molar-refractivity contribution in [3.05, 3.63) is 23.3 Å². The standard InChI is InChI=1S/C14H21NO4S/c1-4-15(5-2)14(20)19-9-11-6-10(8-16)7-12(18-3)13(11)17/h6-7,16-17H,4-5,8-9H2,1-3H3. The highest BCUT2D eigenvalue weighted by atomic mass is 32.1. The molecule has 0 radical (unpaired) electrons. The van der Waals surface area contributed by atoms with E-state index in [1.54, 1.807) is 12.1 Å². The van der Waals surface area contributed by atoms with Crippen LogP contribution in [0.2, 0.25) is 0 Å². The van der Waals surface area contributed by atoms with E-state index < -0.39 is 0 Å². The van der Waals surface area contributed by atoms with Crippen LogP contribution in [0.15, 0.2) is 12.1 Å². The third-order valence-corrected chi connectivity index (χ3v) is 3.36. The van der Waals surface area contributed by atoms with Gasteiger partial charge >= 0.3 is 0 Å². The first kappa shape index (κ1) is 16.5. The molecule has 0 aromatic heterocycles. The summed E-state index contributed by atoms with van der Waals surface area (Å²) in [5.41, 5.74) is 1.18. The van der Waals surface area contributed by atoms with Gasteiger partial charge in [0.25, 0.3) is 5.17 Å². The fourth-order valence-electron chi connectivity index (χ4n) is 1.80. The van der Waals surface area contributed by atoms with E-state index in [-0.39, 0.29) is 19.0 Å². The number of hydrogen-bond donors (Lipinski definition) is 2. The van der Waals surface area contributed by atoms with E-state index in [1.807, 2.05) is 18.7 Å². The second-order valence-corrected chi connectivity index (χ2v) is 4.54. The van der Waals surface area contributed by atoms with Gasteiger partial charge in [-0.05, 0) is 43.8 Å². The zero-order chi connectivity index (χ0) is 15.1. The van der Waals surface area contributed by atoms with E-state index in [2.05, 4.69) is 0 Å². The lowest BCUT2D eigenvalue weighted by atomic mass is 10.1. The molecule has 0 saturated heterocycles. The van der Waals surface area contributed by atoms with Crippen molar-refractivity contribution in [1.82, 2.24) is 4.90 Å². The van der Waals surface area contributed by atoms with E-state index in [4.69, 9.17) is 21.7 Å². The first-order valence-corrected chi connectivity index (χ1v) is 6.89. The SMILES string of the molecule is CCN(CC)C(=S)OCc1cc(CO)cc(OC)c1O. The Morgan fingerprint density at radius 1 is 1.30 bits per heavy atom. The predicted octanol–water partition coefficient (Wildman–Crippen LogP) is 2.04. The maximum atomic E-state index is 10.0. The Balaban J connectivity index is 2.84. The van der Waals surface area contributed by atoms with Crippen molar-refractivity contribution >= 4 is 17.4 Å². The van der Waals surface area contributed by atoms with Crippen LogP contribution in [0.5, 0.6) is 11.5 Å². The zero-order valence-electron chi connectivity index (χ0n) is 12.0. The smallest absolute Gasteiger partial charge is 0.259 e. The van der Waals surface area contributed by atoms with Gasteiger partial charge in [0.1, 0.15) is 6.61 Å². The minimum absolute atomic E-state index is 0.00652. The Hall–Kier alpha value is -1.53. The second-order valence-electron chi connectivity index (χ2n) is 4.19. The van der Waals surface area contributed by atoms with Gasteiger partial charge in [-0.3, -0.25) is 0 Å². The summed E-state index contributed by atoms with van der Waals surface area (Å²) in [6, 6.07) is 3.25. The summed E-state index contributed by atoms with van der Waals surface area (Å²) in [4.78, 5) is 1.90. The average Bonchev–Trinajstić information content (AvgIpc) is 2.47. The number of phenolic OH excluding ortho intramolecular Hbond substituents is 1. The summed E-state index contributed by atoms with van der Waals surface area (Å²) in [6.07, 6.45) is 0. The number of benzene rings is 1. The number of aliphatic hydroxyl groups excluding tert-OH is 1. The highest BCUT2D eigenvalue weighted by Crippen LogP contribution is 2.32. The lowest BCUT2D eigenvalue weighted by molar-refractivity contribution is 0.233. The zero-order valence-corrected chi connectivity index (χ0v) is 12.9. The molecular formula is C14H21NO4S. The molecule has 1 aromatic rings. The van der Waals surface area contributed by atoms with E-state index in [0.29, 0.717) is 22.1 Å². The summed E-state index contributed by atoms with van der Waals surface area (Å²) < 4.78 is 10.6. The quantitative estimate of drug-likeness (QED) is 0.784. The molecule has 0 saturated carbocycles. The normalized spacial score (nSPS) is 10.2. The molecule has 5 nitrogen and oxygen atoms in total. The molecule has 112 valence electrons. The highest BCUT2D eigenvalue weighted by Gasteiger charge is 2.13. The van der Waals surface area contributed by atoms with Crippen molar-refractivity contribution < 1.29 is 19.7 Å².